The zero-order valence-electron chi connectivity index (χ0n) is 17.8. The molecule has 0 unspecified atom stereocenters. The van der Waals surface area contributed by atoms with Gasteiger partial charge in [-0.25, -0.2) is 4.98 Å². The number of carbonyl (C=O) groups is 2. The number of rotatable bonds is 6. The van der Waals surface area contributed by atoms with Crippen molar-refractivity contribution in [1.82, 2.24) is 20.1 Å². The first-order chi connectivity index (χ1) is 15.5. The van der Waals surface area contributed by atoms with E-state index in [4.69, 9.17) is 0 Å². The molecule has 0 atom stereocenters. The molecule has 0 radical (unpaired) electrons. The summed E-state index contributed by atoms with van der Waals surface area (Å²) in [5.41, 5.74) is 2.87. The summed E-state index contributed by atoms with van der Waals surface area (Å²) in [5.74, 6) is -0.245. The Labute approximate surface area is 189 Å². The van der Waals surface area contributed by atoms with Crippen LogP contribution in [0.3, 0.4) is 0 Å². The second-order valence-electron chi connectivity index (χ2n) is 8.24. The van der Waals surface area contributed by atoms with Gasteiger partial charge < -0.3 is 10.6 Å². The molecule has 32 heavy (non-hydrogen) atoms. The van der Waals surface area contributed by atoms with Crippen molar-refractivity contribution in [3.8, 4) is 11.3 Å². The highest BCUT2D eigenvalue weighted by atomic mass is 32.1. The third-order valence-electron chi connectivity index (χ3n) is 5.33. The van der Waals surface area contributed by atoms with Crippen molar-refractivity contribution in [1.29, 1.82) is 0 Å². The van der Waals surface area contributed by atoms with E-state index in [1.165, 1.54) is 11.3 Å². The second kappa shape index (κ2) is 8.20. The van der Waals surface area contributed by atoms with Gasteiger partial charge in [0.2, 0.25) is 0 Å². The molecule has 1 saturated carbocycles. The number of pyridine rings is 1. The highest BCUT2D eigenvalue weighted by molar-refractivity contribution is 7.20. The molecule has 162 valence electrons. The van der Waals surface area contributed by atoms with Crippen LogP contribution in [0.1, 0.15) is 52.9 Å². The molecule has 1 aromatic carbocycles. The third-order valence-corrected chi connectivity index (χ3v) is 6.38. The monoisotopic (exact) mass is 445 g/mol. The van der Waals surface area contributed by atoms with E-state index in [2.05, 4.69) is 20.7 Å². The Bertz CT molecular complexity index is 1270. The summed E-state index contributed by atoms with van der Waals surface area (Å²) < 4.78 is 1.76. The molecule has 1 aliphatic rings. The minimum atomic E-state index is -0.163. The Kier molecular flexibility index (Phi) is 5.22. The lowest BCUT2D eigenvalue weighted by Crippen LogP contribution is -2.28. The fourth-order valence-corrected chi connectivity index (χ4v) is 4.38. The number of aromatic nitrogens is 3. The second-order valence-corrected chi connectivity index (χ2v) is 9.27. The van der Waals surface area contributed by atoms with Crippen LogP contribution in [-0.2, 0) is 0 Å². The largest absolute Gasteiger partial charge is 0.348 e. The predicted octanol–water partition coefficient (Wildman–Crippen LogP) is 4.89. The van der Waals surface area contributed by atoms with Crippen molar-refractivity contribution < 1.29 is 9.59 Å². The normalized spacial score (nSPS) is 13.5. The molecule has 0 aliphatic heterocycles. The molecule has 1 fully saturated rings. The van der Waals surface area contributed by atoms with Crippen LogP contribution < -0.4 is 10.6 Å². The Morgan fingerprint density at radius 3 is 2.56 bits per heavy atom. The van der Waals surface area contributed by atoms with Crippen LogP contribution in [0.25, 0.3) is 21.5 Å². The molecule has 2 N–H and O–H groups in total. The Balaban J connectivity index is 1.33. The number of nitrogens with zero attached hydrogens (tertiary/aromatic N) is 3. The molecule has 0 bridgehead atoms. The van der Waals surface area contributed by atoms with Gasteiger partial charge >= 0.3 is 0 Å². The van der Waals surface area contributed by atoms with Gasteiger partial charge in [0.25, 0.3) is 11.8 Å². The lowest BCUT2D eigenvalue weighted by Gasteiger charge is -2.10. The number of benzene rings is 1. The number of hydrogen-bond acceptors (Lipinski definition) is 5. The van der Waals surface area contributed by atoms with E-state index in [1.54, 1.807) is 10.9 Å². The maximum absolute atomic E-state index is 12.6. The number of anilines is 1. The summed E-state index contributed by atoms with van der Waals surface area (Å²) in [5, 5.41) is 11.6. The number of fused-ring (bicyclic) bond motifs is 1. The van der Waals surface area contributed by atoms with Gasteiger partial charge in [-0.2, -0.15) is 5.10 Å². The molecule has 7 nitrogen and oxygen atoms in total. The molecule has 1 aliphatic carbocycles. The first-order valence-electron chi connectivity index (χ1n) is 10.6. The SMILES string of the molecule is CC(C)n1nc(-c2ccc(NC(=O)c3cc4cccnc4s3)cc2)cc1C(=O)NC1CC1. The van der Waals surface area contributed by atoms with E-state index in [0.29, 0.717) is 22.3 Å². The van der Waals surface area contributed by atoms with E-state index >= 15 is 0 Å². The number of nitrogens with one attached hydrogen (secondary N) is 2. The Hall–Kier alpha value is -3.52. The third kappa shape index (κ3) is 4.13. The van der Waals surface area contributed by atoms with E-state index in [0.717, 1.165) is 34.3 Å². The van der Waals surface area contributed by atoms with Crippen molar-refractivity contribution >= 4 is 39.1 Å². The van der Waals surface area contributed by atoms with Crippen molar-refractivity contribution in [2.45, 2.75) is 38.8 Å². The molecule has 3 heterocycles. The summed E-state index contributed by atoms with van der Waals surface area (Å²) in [6, 6.07) is 15.3. The minimum absolute atomic E-state index is 0.0677. The van der Waals surface area contributed by atoms with Crippen molar-refractivity contribution in [2.75, 3.05) is 5.32 Å². The highest BCUT2D eigenvalue weighted by Gasteiger charge is 2.26. The fourth-order valence-electron chi connectivity index (χ4n) is 3.49. The van der Waals surface area contributed by atoms with Crippen molar-refractivity contribution in [2.24, 2.45) is 0 Å². The molecular weight excluding hydrogens is 422 g/mol. The van der Waals surface area contributed by atoms with Gasteiger partial charge in [-0.3, -0.25) is 14.3 Å². The summed E-state index contributed by atoms with van der Waals surface area (Å²) in [6.07, 6.45) is 3.81. The number of amides is 2. The summed E-state index contributed by atoms with van der Waals surface area (Å²) in [6.45, 7) is 4.01. The van der Waals surface area contributed by atoms with Gasteiger partial charge in [0.15, 0.2) is 0 Å². The standard InChI is InChI=1S/C24H23N5O2S/c1-14(2)29-20(22(30)26-18-9-10-18)13-19(28-29)15-5-7-17(8-6-15)27-23(31)21-12-16-4-3-11-25-24(16)32-21/h3-8,11-14,18H,9-10H2,1-2H3,(H,26,30)(H,27,31). The van der Waals surface area contributed by atoms with E-state index in [1.807, 2.05) is 62.4 Å². The van der Waals surface area contributed by atoms with E-state index < -0.39 is 0 Å². The molecule has 4 aromatic rings. The van der Waals surface area contributed by atoms with Gasteiger partial charge in [0.1, 0.15) is 10.5 Å². The van der Waals surface area contributed by atoms with Crippen LogP contribution in [0, 0.1) is 0 Å². The van der Waals surface area contributed by atoms with Crippen LogP contribution in [-0.4, -0.2) is 32.6 Å². The van der Waals surface area contributed by atoms with Crippen LogP contribution in [0.4, 0.5) is 5.69 Å². The fraction of sp³-hybridized carbons (Fsp3) is 0.250. The van der Waals surface area contributed by atoms with Crippen LogP contribution in [0.15, 0.2) is 54.7 Å². The first kappa shape index (κ1) is 20.4. The maximum atomic E-state index is 12.6. The topological polar surface area (TPSA) is 88.9 Å². The van der Waals surface area contributed by atoms with Gasteiger partial charge in [-0.05, 0) is 57.0 Å². The molecule has 5 rings (SSSR count). The molecule has 3 aromatic heterocycles. The lowest BCUT2D eigenvalue weighted by molar-refractivity contribution is 0.0937. The maximum Gasteiger partial charge on any atom is 0.269 e. The van der Waals surface area contributed by atoms with Crippen molar-refractivity contribution in [3.63, 3.8) is 0 Å². The zero-order chi connectivity index (χ0) is 22.2. The lowest BCUT2D eigenvalue weighted by atomic mass is 10.1. The molecule has 0 spiro atoms. The van der Waals surface area contributed by atoms with E-state index in [-0.39, 0.29) is 17.9 Å². The van der Waals surface area contributed by atoms with E-state index in [9.17, 15) is 9.59 Å². The molecule has 2 amide bonds. The highest BCUT2D eigenvalue weighted by Crippen LogP contribution is 2.27. The van der Waals surface area contributed by atoms with Crippen LogP contribution in [0.5, 0.6) is 0 Å². The molecule has 0 saturated heterocycles. The van der Waals surface area contributed by atoms with Gasteiger partial charge in [0.05, 0.1) is 10.6 Å². The summed E-state index contributed by atoms with van der Waals surface area (Å²) in [4.78, 5) is 31.0. The first-order valence-corrected chi connectivity index (χ1v) is 11.5. The molecular formula is C24H23N5O2S. The Morgan fingerprint density at radius 2 is 1.88 bits per heavy atom. The number of carbonyl (C=O) groups excluding carboxylic acids is 2. The average Bonchev–Trinajstić information content (AvgIpc) is 3.31. The zero-order valence-corrected chi connectivity index (χ0v) is 18.6. The predicted molar refractivity (Wildman–Crippen MR) is 126 cm³/mol. The van der Waals surface area contributed by atoms with Gasteiger partial charge in [-0.15, -0.1) is 11.3 Å². The summed E-state index contributed by atoms with van der Waals surface area (Å²) in [7, 11) is 0. The molecule has 8 heteroatoms. The van der Waals surface area contributed by atoms with Gasteiger partial charge in [-0.1, -0.05) is 18.2 Å². The van der Waals surface area contributed by atoms with Gasteiger partial charge in [0, 0.05) is 34.9 Å². The average molecular weight is 446 g/mol. The number of thiophene rings is 1. The minimum Gasteiger partial charge on any atom is -0.348 e. The van der Waals surface area contributed by atoms with Crippen LogP contribution >= 0.6 is 11.3 Å². The smallest absolute Gasteiger partial charge is 0.269 e. The summed E-state index contributed by atoms with van der Waals surface area (Å²) >= 11 is 1.37. The van der Waals surface area contributed by atoms with Crippen molar-refractivity contribution in [3.05, 3.63) is 65.3 Å². The van der Waals surface area contributed by atoms with Crippen LogP contribution in [0.2, 0.25) is 0 Å². The Morgan fingerprint density at radius 1 is 1.09 bits per heavy atom. The quantitative estimate of drug-likeness (QED) is 0.442. The number of hydrogen-bond donors (Lipinski definition) is 2.